The Balaban J connectivity index is 2.12. The second kappa shape index (κ2) is 3.94. The number of fused-ring (bicyclic) bond motifs is 1. The summed E-state index contributed by atoms with van der Waals surface area (Å²) in [7, 11) is 1.88. The predicted octanol–water partition coefficient (Wildman–Crippen LogP) is 1.75. The highest BCUT2D eigenvalue weighted by Crippen LogP contribution is 2.36. The van der Waals surface area contributed by atoms with Crippen molar-refractivity contribution < 1.29 is 9.47 Å². The van der Waals surface area contributed by atoms with Crippen molar-refractivity contribution in [3.63, 3.8) is 0 Å². The van der Waals surface area contributed by atoms with E-state index in [0.717, 1.165) is 28.3 Å². The van der Waals surface area contributed by atoms with E-state index in [9.17, 15) is 0 Å². The van der Waals surface area contributed by atoms with Gasteiger partial charge in [-0.3, -0.25) is 4.68 Å². The number of aryl methyl sites for hydroxylation is 1. The molecule has 2 N–H and O–H groups in total. The van der Waals surface area contributed by atoms with Crippen molar-refractivity contribution in [2.45, 2.75) is 6.92 Å². The molecule has 3 rings (SSSR count). The largest absolute Gasteiger partial charge is 0.486 e. The van der Waals surface area contributed by atoms with Crippen molar-refractivity contribution >= 4 is 5.82 Å². The third-order valence-corrected chi connectivity index (χ3v) is 3.14. The molecule has 0 saturated carbocycles. The standard InChI is InChI=1S/C13H15N3O2/c1-8-12(16(2)15-13(8)14)9-3-4-10-11(7-9)18-6-5-17-10/h3-4,7H,5-6H2,1-2H3,(H2,14,15). The third kappa shape index (κ3) is 1.59. The van der Waals surface area contributed by atoms with Crippen LogP contribution in [0.3, 0.4) is 0 Å². The maximum Gasteiger partial charge on any atom is 0.162 e. The molecule has 94 valence electrons. The van der Waals surface area contributed by atoms with Gasteiger partial charge in [-0.25, -0.2) is 0 Å². The van der Waals surface area contributed by atoms with Crippen LogP contribution < -0.4 is 15.2 Å². The molecule has 0 spiro atoms. The summed E-state index contributed by atoms with van der Waals surface area (Å²) in [6.07, 6.45) is 0. The molecule has 2 aromatic rings. The predicted molar refractivity (Wildman–Crippen MR) is 68.8 cm³/mol. The van der Waals surface area contributed by atoms with Crippen LogP contribution >= 0.6 is 0 Å². The minimum absolute atomic E-state index is 0.558. The van der Waals surface area contributed by atoms with Crippen molar-refractivity contribution in [2.24, 2.45) is 7.05 Å². The van der Waals surface area contributed by atoms with Crippen LogP contribution in [0, 0.1) is 6.92 Å². The number of nitrogen functional groups attached to an aromatic ring is 1. The van der Waals surface area contributed by atoms with Crippen LogP contribution in [-0.2, 0) is 7.05 Å². The van der Waals surface area contributed by atoms with Crippen molar-refractivity contribution in [3.8, 4) is 22.8 Å². The van der Waals surface area contributed by atoms with Gasteiger partial charge in [-0.15, -0.1) is 0 Å². The molecule has 0 saturated heterocycles. The second-order valence-corrected chi connectivity index (χ2v) is 4.34. The lowest BCUT2D eigenvalue weighted by atomic mass is 10.1. The molecule has 0 atom stereocenters. The number of hydrogen-bond acceptors (Lipinski definition) is 4. The van der Waals surface area contributed by atoms with Crippen molar-refractivity contribution in [2.75, 3.05) is 18.9 Å². The fraction of sp³-hybridized carbons (Fsp3) is 0.308. The summed E-state index contributed by atoms with van der Waals surface area (Å²) in [6.45, 7) is 3.15. The summed E-state index contributed by atoms with van der Waals surface area (Å²) in [5.41, 5.74) is 8.84. The highest BCUT2D eigenvalue weighted by atomic mass is 16.6. The van der Waals surface area contributed by atoms with E-state index in [-0.39, 0.29) is 0 Å². The van der Waals surface area contributed by atoms with Crippen molar-refractivity contribution in [1.82, 2.24) is 9.78 Å². The summed E-state index contributed by atoms with van der Waals surface area (Å²) in [5.74, 6) is 2.12. The second-order valence-electron chi connectivity index (χ2n) is 4.34. The Bertz CT molecular complexity index is 605. The fourth-order valence-electron chi connectivity index (χ4n) is 2.24. The smallest absolute Gasteiger partial charge is 0.162 e. The van der Waals surface area contributed by atoms with Crippen LogP contribution in [0.5, 0.6) is 11.5 Å². The quantitative estimate of drug-likeness (QED) is 0.831. The van der Waals surface area contributed by atoms with Crippen LogP contribution in [0.2, 0.25) is 0 Å². The van der Waals surface area contributed by atoms with Crippen LogP contribution in [-0.4, -0.2) is 23.0 Å². The molecule has 2 heterocycles. The molecule has 0 bridgehead atoms. The Kier molecular flexibility index (Phi) is 2.40. The lowest BCUT2D eigenvalue weighted by molar-refractivity contribution is 0.171. The number of aromatic nitrogens is 2. The number of anilines is 1. The molecule has 1 aromatic heterocycles. The minimum atomic E-state index is 0.558. The van der Waals surface area contributed by atoms with E-state index in [1.807, 2.05) is 32.2 Å². The van der Waals surface area contributed by atoms with Gasteiger partial charge in [0.05, 0.1) is 5.69 Å². The lowest BCUT2D eigenvalue weighted by Crippen LogP contribution is -2.15. The first-order chi connectivity index (χ1) is 8.66. The number of nitrogens with two attached hydrogens (primary N) is 1. The third-order valence-electron chi connectivity index (χ3n) is 3.14. The number of ether oxygens (including phenoxy) is 2. The van der Waals surface area contributed by atoms with Gasteiger partial charge in [-0.1, -0.05) is 0 Å². The Morgan fingerprint density at radius 2 is 1.94 bits per heavy atom. The van der Waals surface area contributed by atoms with E-state index in [2.05, 4.69) is 5.10 Å². The van der Waals surface area contributed by atoms with Gasteiger partial charge < -0.3 is 15.2 Å². The van der Waals surface area contributed by atoms with Crippen LogP contribution in [0.15, 0.2) is 18.2 Å². The van der Waals surface area contributed by atoms with E-state index in [0.29, 0.717) is 19.0 Å². The molecular weight excluding hydrogens is 230 g/mol. The molecule has 1 aliphatic heterocycles. The molecule has 1 aliphatic rings. The van der Waals surface area contributed by atoms with Gasteiger partial charge in [0, 0.05) is 18.2 Å². The van der Waals surface area contributed by atoms with E-state index in [1.165, 1.54) is 0 Å². The molecule has 5 nitrogen and oxygen atoms in total. The van der Waals surface area contributed by atoms with Crippen LogP contribution in [0.4, 0.5) is 5.82 Å². The number of rotatable bonds is 1. The van der Waals surface area contributed by atoms with Gasteiger partial charge in [-0.05, 0) is 25.1 Å². The number of nitrogens with zero attached hydrogens (tertiary/aromatic N) is 2. The highest BCUT2D eigenvalue weighted by Gasteiger charge is 2.16. The molecule has 0 unspecified atom stereocenters. The Labute approximate surface area is 105 Å². The minimum Gasteiger partial charge on any atom is -0.486 e. The first-order valence-corrected chi connectivity index (χ1v) is 5.86. The Hall–Kier alpha value is -2.17. The first-order valence-electron chi connectivity index (χ1n) is 5.86. The van der Waals surface area contributed by atoms with Gasteiger partial charge in [-0.2, -0.15) is 5.10 Å². The van der Waals surface area contributed by atoms with E-state index < -0.39 is 0 Å². The van der Waals surface area contributed by atoms with E-state index in [1.54, 1.807) is 4.68 Å². The molecular formula is C13H15N3O2. The molecule has 5 heteroatoms. The maximum atomic E-state index is 5.83. The SMILES string of the molecule is Cc1c(N)nn(C)c1-c1ccc2c(c1)OCCO2. The van der Waals surface area contributed by atoms with Crippen molar-refractivity contribution in [1.29, 1.82) is 0 Å². The zero-order chi connectivity index (χ0) is 12.7. The maximum absolute atomic E-state index is 5.83. The average Bonchev–Trinajstić information content (AvgIpc) is 2.63. The van der Waals surface area contributed by atoms with E-state index in [4.69, 9.17) is 15.2 Å². The normalized spacial score (nSPS) is 13.7. The van der Waals surface area contributed by atoms with E-state index >= 15 is 0 Å². The molecule has 0 fully saturated rings. The van der Waals surface area contributed by atoms with Gasteiger partial charge in [0.15, 0.2) is 11.5 Å². The Morgan fingerprint density at radius 3 is 2.61 bits per heavy atom. The molecule has 18 heavy (non-hydrogen) atoms. The summed E-state index contributed by atoms with van der Waals surface area (Å²) >= 11 is 0. The van der Waals surface area contributed by atoms with Gasteiger partial charge >= 0.3 is 0 Å². The number of benzene rings is 1. The summed E-state index contributed by atoms with van der Waals surface area (Å²) in [4.78, 5) is 0. The monoisotopic (exact) mass is 245 g/mol. The lowest BCUT2D eigenvalue weighted by Gasteiger charge is -2.19. The number of hydrogen-bond donors (Lipinski definition) is 1. The average molecular weight is 245 g/mol. The van der Waals surface area contributed by atoms with Crippen molar-refractivity contribution in [3.05, 3.63) is 23.8 Å². The molecule has 0 amide bonds. The fourth-order valence-corrected chi connectivity index (χ4v) is 2.24. The first kappa shape index (κ1) is 11.0. The molecule has 0 aliphatic carbocycles. The summed E-state index contributed by atoms with van der Waals surface area (Å²) in [5, 5.41) is 4.22. The topological polar surface area (TPSA) is 62.3 Å². The summed E-state index contributed by atoms with van der Waals surface area (Å²) < 4.78 is 12.9. The van der Waals surface area contributed by atoms with Crippen LogP contribution in [0.1, 0.15) is 5.56 Å². The zero-order valence-electron chi connectivity index (χ0n) is 10.4. The zero-order valence-corrected chi connectivity index (χ0v) is 10.4. The highest BCUT2D eigenvalue weighted by molar-refractivity contribution is 5.70. The Morgan fingerprint density at radius 1 is 1.22 bits per heavy atom. The molecule has 1 aromatic carbocycles. The van der Waals surface area contributed by atoms with Gasteiger partial charge in [0.2, 0.25) is 0 Å². The van der Waals surface area contributed by atoms with Gasteiger partial charge in [0.25, 0.3) is 0 Å². The molecule has 0 radical (unpaired) electrons. The van der Waals surface area contributed by atoms with Gasteiger partial charge in [0.1, 0.15) is 19.0 Å². The summed E-state index contributed by atoms with van der Waals surface area (Å²) in [6, 6.07) is 5.89. The van der Waals surface area contributed by atoms with Crippen LogP contribution in [0.25, 0.3) is 11.3 Å².